The topological polar surface area (TPSA) is 36.4 Å². The van der Waals surface area contributed by atoms with Gasteiger partial charge < -0.3 is 4.90 Å². The van der Waals surface area contributed by atoms with Crippen LogP contribution in [0.15, 0.2) is 66.9 Å². The smallest absolute Gasteiger partial charge is 0.254 e. The van der Waals surface area contributed by atoms with E-state index in [1.807, 2.05) is 35.2 Å². The second-order valence-corrected chi connectivity index (χ2v) is 7.53. The molecule has 4 rings (SSSR count). The fraction of sp³-hybridized carbons (Fsp3) is 0.333. The fourth-order valence-corrected chi connectivity index (χ4v) is 4.26. The first kappa shape index (κ1) is 18.6. The summed E-state index contributed by atoms with van der Waals surface area (Å²) >= 11 is 0. The maximum absolute atomic E-state index is 13.2. The van der Waals surface area contributed by atoms with Gasteiger partial charge in [-0.3, -0.25) is 14.7 Å². The summed E-state index contributed by atoms with van der Waals surface area (Å²) in [5.41, 5.74) is 3.00. The second-order valence-electron chi connectivity index (χ2n) is 7.53. The van der Waals surface area contributed by atoms with Gasteiger partial charge in [-0.1, -0.05) is 36.4 Å². The number of fused-ring (bicyclic) bond motifs is 1. The normalized spacial score (nSPS) is 18.3. The molecule has 4 nitrogen and oxygen atoms in total. The number of aromatic nitrogens is 1. The average Bonchev–Trinajstić information content (AvgIpc) is 3.23. The number of benzene rings is 2. The van der Waals surface area contributed by atoms with E-state index in [4.69, 9.17) is 0 Å². The Bertz CT molecular complexity index is 956. The standard InChI is InChI=1S/C24H27N3O/c1-3-27(24(28)21-11-12-23-20(16-21)10-7-14-25-23)22-13-15-26(17-22)18(2)19-8-5-4-6-9-19/h4-12,14,16,18,22H,3,13,15,17H2,1-2H3. The monoisotopic (exact) mass is 373 g/mol. The quantitative estimate of drug-likeness (QED) is 0.659. The highest BCUT2D eigenvalue weighted by atomic mass is 16.2. The van der Waals surface area contributed by atoms with Crippen LogP contribution in [0.2, 0.25) is 0 Å². The molecule has 1 amide bonds. The molecule has 0 saturated carbocycles. The average molecular weight is 374 g/mol. The number of nitrogens with zero attached hydrogens (tertiary/aromatic N) is 3. The van der Waals surface area contributed by atoms with E-state index in [1.165, 1.54) is 5.56 Å². The predicted molar refractivity (Wildman–Crippen MR) is 113 cm³/mol. The van der Waals surface area contributed by atoms with Gasteiger partial charge in [-0.15, -0.1) is 0 Å². The first-order valence-corrected chi connectivity index (χ1v) is 10.1. The fourth-order valence-electron chi connectivity index (χ4n) is 4.26. The van der Waals surface area contributed by atoms with Crippen LogP contribution in [-0.4, -0.2) is 46.4 Å². The van der Waals surface area contributed by atoms with Crippen molar-refractivity contribution in [2.24, 2.45) is 0 Å². The molecule has 3 aromatic rings. The van der Waals surface area contributed by atoms with Crippen molar-refractivity contribution < 1.29 is 4.79 Å². The first-order chi connectivity index (χ1) is 13.7. The zero-order chi connectivity index (χ0) is 19.5. The lowest BCUT2D eigenvalue weighted by Crippen LogP contribution is -2.42. The molecule has 4 heteroatoms. The Hall–Kier alpha value is -2.72. The third kappa shape index (κ3) is 3.65. The Morgan fingerprint density at radius 2 is 2.00 bits per heavy atom. The molecule has 1 fully saturated rings. The molecule has 2 heterocycles. The molecule has 2 aromatic carbocycles. The number of hydrogen-bond donors (Lipinski definition) is 0. The van der Waals surface area contributed by atoms with Gasteiger partial charge in [0, 0.05) is 48.9 Å². The lowest BCUT2D eigenvalue weighted by Gasteiger charge is -2.30. The molecule has 2 atom stereocenters. The van der Waals surface area contributed by atoms with Gasteiger partial charge in [-0.05, 0) is 50.1 Å². The van der Waals surface area contributed by atoms with Crippen molar-refractivity contribution in [2.45, 2.75) is 32.4 Å². The van der Waals surface area contributed by atoms with Crippen molar-refractivity contribution in [1.82, 2.24) is 14.8 Å². The van der Waals surface area contributed by atoms with Crippen molar-refractivity contribution >= 4 is 16.8 Å². The van der Waals surface area contributed by atoms with Crippen molar-refractivity contribution in [3.63, 3.8) is 0 Å². The molecule has 2 unspecified atom stereocenters. The minimum absolute atomic E-state index is 0.118. The number of carbonyl (C=O) groups is 1. The van der Waals surface area contributed by atoms with E-state index in [-0.39, 0.29) is 11.9 Å². The van der Waals surface area contributed by atoms with Gasteiger partial charge in [-0.2, -0.15) is 0 Å². The molecule has 0 radical (unpaired) electrons. The van der Waals surface area contributed by atoms with Gasteiger partial charge >= 0.3 is 0 Å². The molecule has 28 heavy (non-hydrogen) atoms. The van der Waals surface area contributed by atoms with Gasteiger partial charge in [-0.25, -0.2) is 0 Å². The second kappa shape index (κ2) is 8.11. The van der Waals surface area contributed by atoms with Crippen molar-refractivity contribution in [3.8, 4) is 0 Å². The number of amides is 1. The summed E-state index contributed by atoms with van der Waals surface area (Å²) in [6.45, 7) is 7.00. The molecule has 0 bridgehead atoms. The van der Waals surface area contributed by atoms with E-state index < -0.39 is 0 Å². The Labute approximate surface area is 166 Å². The summed E-state index contributed by atoms with van der Waals surface area (Å²) in [4.78, 5) is 22.1. The highest BCUT2D eigenvalue weighted by Crippen LogP contribution is 2.27. The molecule has 0 aliphatic carbocycles. The summed E-state index contributed by atoms with van der Waals surface area (Å²) in [6.07, 6.45) is 2.80. The number of carbonyl (C=O) groups excluding carboxylic acids is 1. The Morgan fingerprint density at radius 3 is 2.79 bits per heavy atom. The largest absolute Gasteiger partial charge is 0.335 e. The minimum atomic E-state index is 0.118. The van der Waals surface area contributed by atoms with Crippen LogP contribution in [0.5, 0.6) is 0 Å². The van der Waals surface area contributed by atoms with Crippen molar-refractivity contribution in [3.05, 3.63) is 78.0 Å². The summed E-state index contributed by atoms with van der Waals surface area (Å²) < 4.78 is 0. The van der Waals surface area contributed by atoms with E-state index in [0.717, 1.165) is 42.5 Å². The number of likely N-dealkylation sites (N-methyl/N-ethyl adjacent to an activating group) is 1. The molecule has 1 aliphatic heterocycles. The number of hydrogen-bond acceptors (Lipinski definition) is 3. The highest BCUT2D eigenvalue weighted by molar-refractivity contribution is 5.98. The molecule has 1 saturated heterocycles. The highest BCUT2D eigenvalue weighted by Gasteiger charge is 2.32. The molecule has 1 aliphatic rings. The SMILES string of the molecule is CCN(C(=O)c1ccc2ncccc2c1)C1CCN(C(C)c2ccccc2)C1. The summed E-state index contributed by atoms with van der Waals surface area (Å²) in [5, 5.41) is 1.01. The third-order valence-corrected chi connectivity index (χ3v) is 5.92. The Balaban J connectivity index is 1.49. The van der Waals surface area contributed by atoms with Gasteiger partial charge in [0.15, 0.2) is 0 Å². The minimum Gasteiger partial charge on any atom is -0.335 e. The van der Waals surface area contributed by atoms with E-state index in [0.29, 0.717) is 6.04 Å². The van der Waals surface area contributed by atoms with Gasteiger partial charge in [0.25, 0.3) is 5.91 Å². The summed E-state index contributed by atoms with van der Waals surface area (Å²) in [7, 11) is 0. The number of pyridine rings is 1. The van der Waals surface area contributed by atoms with E-state index >= 15 is 0 Å². The van der Waals surface area contributed by atoms with E-state index in [2.05, 4.69) is 54.1 Å². The van der Waals surface area contributed by atoms with Crippen LogP contribution in [-0.2, 0) is 0 Å². The maximum Gasteiger partial charge on any atom is 0.254 e. The van der Waals surface area contributed by atoms with Crippen molar-refractivity contribution in [1.29, 1.82) is 0 Å². The molecule has 1 aromatic heterocycles. The number of rotatable bonds is 5. The summed E-state index contributed by atoms with van der Waals surface area (Å²) in [6, 6.07) is 21.0. The van der Waals surface area contributed by atoms with Crippen LogP contribution < -0.4 is 0 Å². The van der Waals surface area contributed by atoms with Crippen LogP contribution in [0.1, 0.15) is 42.2 Å². The Kier molecular flexibility index (Phi) is 5.40. The first-order valence-electron chi connectivity index (χ1n) is 10.1. The van der Waals surface area contributed by atoms with E-state index in [1.54, 1.807) is 6.20 Å². The summed E-state index contributed by atoms with van der Waals surface area (Å²) in [5.74, 6) is 0.118. The predicted octanol–water partition coefficient (Wildman–Crippen LogP) is 4.53. The zero-order valence-electron chi connectivity index (χ0n) is 16.6. The van der Waals surface area contributed by atoms with Gasteiger partial charge in [0.1, 0.15) is 0 Å². The molecule has 144 valence electrons. The van der Waals surface area contributed by atoms with Crippen molar-refractivity contribution in [2.75, 3.05) is 19.6 Å². The number of likely N-dealkylation sites (tertiary alicyclic amines) is 1. The van der Waals surface area contributed by atoms with Crippen LogP contribution in [0.3, 0.4) is 0 Å². The molecule has 0 N–H and O–H groups in total. The zero-order valence-corrected chi connectivity index (χ0v) is 16.6. The lowest BCUT2D eigenvalue weighted by molar-refractivity contribution is 0.0689. The van der Waals surface area contributed by atoms with Crippen LogP contribution in [0, 0.1) is 0 Å². The lowest BCUT2D eigenvalue weighted by atomic mass is 10.1. The van der Waals surface area contributed by atoms with Gasteiger partial charge in [0.2, 0.25) is 0 Å². The third-order valence-electron chi connectivity index (χ3n) is 5.92. The van der Waals surface area contributed by atoms with Gasteiger partial charge in [0.05, 0.1) is 5.52 Å². The maximum atomic E-state index is 13.2. The van der Waals surface area contributed by atoms with E-state index in [9.17, 15) is 4.79 Å². The van der Waals surface area contributed by atoms with Crippen LogP contribution in [0.25, 0.3) is 10.9 Å². The molecular formula is C24H27N3O. The van der Waals surface area contributed by atoms with Crippen LogP contribution in [0.4, 0.5) is 0 Å². The molecular weight excluding hydrogens is 346 g/mol. The Morgan fingerprint density at radius 1 is 1.18 bits per heavy atom. The van der Waals surface area contributed by atoms with Crippen LogP contribution >= 0.6 is 0 Å². The molecule has 0 spiro atoms.